The molecule has 0 bridgehead atoms. The molecule has 0 aliphatic heterocycles. The van der Waals surface area contributed by atoms with E-state index in [0.29, 0.717) is 16.6 Å². The molecule has 2 heterocycles. The maximum atomic E-state index is 13.7. The van der Waals surface area contributed by atoms with Gasteiger partial charge >= 0.3 is 12.8 Å². The maximum absolute atomic E-state index is 13.7. The number of hydrogen-bond acceptors (Lipinski definition) is 5. The lowest BCUT2D eigenvalue weighted by atomic mass is 10.1. The van der Waals surface area contributed by atoms with Gasteiger partial charge in [0.25, 0.3) is 5.56 Å². The van der Waals surface area contributed by atoms with Crippen molar-refractivity contribution in [3.05, 3.63) is 77.3 Å². The van der Waals surface area contributed by atoms with Crippen molar-refractivity contribution in [1.29, 1.82) is 0 Å². The minimum atomic E-state index is -4.55. The number of rotatable bonds is 6. The molecule has 37 heavy (non-hydrogen) atoms. The first-order chi connectivity index (χ1) is 17.6. The number of nitrogens with zero attached hydrogens (tertiary/aromatic N) is 4. The summed E-state index contributed by atoms with van der Waals surface area (Å²) in [7, 11) is 1.80. The van der Waals surface area contributed by atoms with E-state index in [2.05, 4.69) is 14.7 Å². The number of alkyl halides is 5. The van der Waals surface area contributed by atoms with Crippen LogP contribution in [0.25, 0.3) is 39.0 Å². The fraction of sp³-hybridized carbons (Fsp3) is 0.160. The molecular formula is C25H17F5N4O3. The van der Waals surface area contributed by atoms with Crippen LogP contribution in [0.4, 0.5) is 22.0 Å². The highest BCUT2D eigenvalue weighted by atomic mass is 19.4. The Kier molecular flexibility index (Phi) is 6.02. The van der Waals surface area contributed by atoms with Gasteiger partial charge < -0.3 is 14.0 Å². The Balaban J connectivity index is 1.70. The van der Waals surface area contributed by atoms with E-state index < -0.39 is 25.0 Å². The molecular weight excluding hydrogens is 499 g/mol. The first-order valence-corrected chi connectivity index (χ1v) is 10.8. The number of fused-ring (bicyclic) bond motifs is 2. The van der Waals surface area contributed by atoms with Crippen molar-refractivity contribution in [3.8, 4) is 28.4 Å². The fourth-order valence-corrected chi connectivity index (χ4v) is 3.91. The Labute approximate surface area is 205 Å². The average molecular weight is 516 g/mol. The van der Waals surface area contributed by atoms with Crippen LogP contribution in [0.3, 0.4) is 0 Å². The molecule has 0 aliphatic carbocycles. The first-order valence-electron chi connectivity index (χ1n) is 10.8. The van der Waals surface area contributed by atoms with E-state index >= 15 is 0 Å². The topological polar surface area (TPSA) is 71.2 Å². The number of halogens is 5. The first kappa shape index (κ1) is 24.2. The number of aryl methyl sites for hydroxylation is 1. The van der Waals surface area contributed by atoms with Gasteiger partial charge in [0.2, 0.25) is 0 Å². The van der Waals surface area contributed by atoms with Gasteiger partial charge in [0.05, 0.1) is 28.4 Å². The summed E-state index contributed by atoms with van der Waals surface area (Å²) >= 11 is 0. The summed E-state index contributed by atoms with van der Waals surface area (Å²) in [5.74, 6) is -0.247. The van der Waals surface area contributed by atoms with Crippen molar-refractivity contribution in [3.63, 3.8) is 0 Å². The Morgan fingerprint density at radius 3 is 2.32 bits per heavy atom. The van der Waals surface area contributed by atoms with E-state index in [0.717, 1.165) is 5.52 Å². The van der Waals surface area contributed by atoms with Gasteiger partial charge in [0.15, 0.2) is 6.61 Å². The molecule has 3 aromatic carbocycles. The largest absolute Gasteiger partial charge is 0.484 e. The van der Waals surface area contributed by atoms with Crippen molar-refractivity contribution in [2.24, 2.45) is 7.05 Å². The number of imidazole rings is 1. The molecule has 0 aliphatic rings. The van der Waals surface area contributed by atoms with Crippen LogP contribution in [-0.2, 0) is 7.05 Å². The van der Waals surface area contributed by atoms with Gasteiger partial charge in [-0.15, -0.1) is 0 Å². The van der Waals surface area contributed by atoms with Crippen molar-refractivity contribution in [2.75, 3.05) is 6.61 Å². The molecule has 0 radical (unpaired) electrons. The number of aromatic nitrogens is 4. The minimum absolute atomic E-state index is 0.0764. The Morgan fingerprint density at radius 1 is 0.919 bits per heavy atom. The Hall–Kier alpha value is -4.48. The van der Waals surface area contributed by atoms with Crippen LogP contribution >= 0.6 is 0 Å². The second-order valence-corrected chi connectivity index (χ2v) is 8.09. The number of ether oxygens (including phenoxy) is 2. The molecule has 5 aromatic rings. The second kappa shape index (κ2) is 9.19. The van der Waals surface area contributed by atoms with Crippen LogP contribution < -0.4 is 15.0 Å². The van der Waals surface area contributed by atoms with Gasteiger partial charge in [0.1, 0.15) is 17.2 Å². The zero-order chi connectivity index (χ0) is 26.3. The van der Waals surface area contributed by atoms with E-state index in [1.54, 1.807) is 36.1 Å². The summed E-state index contributed by atoms with van der Waals surface area (Å²) in [6.45, 7) is -4.55. The third-order valence-electron chi connectivity index (χ3n) is 5.55. The van der Waals surface area contributed by atoms with Gasteiger partial charge in [-0.25, -0.2) is 9.97 Å². The van der Waals surface area contributed by atoms with Crippen LogP contribution in [0.1, 0.15) is 0 Å². The highest BCUT2D eigenvalue weighted by molar-refractivity contribution is 5.84. The normalized spacial score (nSPS) is 12.0. The summed E-state index contributed by atoms with van der Waals surface area (Å²) in [5.41, 5.74) is 2.19. The molecule has 0 amide bonds. The minimum Gasteiger partial charge on any atom is -0.484 e. The van der Waals surface area contributed by atoms with Gasteiger partial charge in [-0.2, -0.15) is 22.0 Å². The van der Waals surface area contributed by atoms with Crippen LogP contribution in [0.5, 0.6) is 11.5 Å². The van der Waals surface area contributed by atoms with E-state index in [1.165, 1.54) is 47.0 Å². The van der Waals surface area contributed by atoms with Gasteiger partial charge in [-0.3, -0.25) is 9.36 Å². The standard InChI is InChI=1S/C25H17F5N4O3/c1-33-13-31-18-8-2-14(10-20(18)33)22-23(35)34(15-3-5-16(6-4-15)37-24(26)27)21-11-17(7-9-19(21)32-22)36-12-25(28,29)30/h2-11,13,24H,12H2,1H3. The third kappa shape index (κ3) is 4.95. The molecule has 0 fully saturated rings. The van der Waals surface area contributed by atoms with Crippen molar-refractivity contribution < 1.29 is 31.4 Å². The van der Waals surface area contributed by atoms with Crippen molar-refractivity contribution in [2.45, 2.75) is 12.8 Å². The molecule has 0 saturated carbocycles. The molecule has 12 heteroatoms. The van der Waals surface area contributed by atoms with E-state index in [9.17, 15) is 26.7 Å². The Morgan fingerprint density at radius 2 is 1.62 bits per heavy atom. The summed E-state index contributed by atoms with van der Waals surface area (Å²) < 4.78 is 75.5. The molecule has 0 N–H and O–H groups in total. The van der Waals surface area contributed by atoms with Gasteiger partial charge in [-0.1, -0.05) is 6.07 Å². The summed E-state index contributed by atoms with van der Waals surface area (Å²) in [6.07, 6.45) is -2.92. The predicted molar refractivity (Wildman–Crippen MR) is 125 cm³/mol. The molecule has 0 spiro atoms. The molecule has 190 valence electrons. The average Bonchev–Trinajstić information content (AvgIpc) is 3.22. The SMILES string of the molecule is Cn1cnc2ccc(-c3nc4ccc(OCC(F)(F)F)cc4n(-c4ccc(OC(F)F)cc4)c3=O)cc21. The molecule has 0 saturated heterocycles. The molecule has 2 aromatic heterocycles. The third-order valence-corrected chi connectivity index (χ3v) is 5.55. The highest BCUT2D eigenvalue weighted by Crippen LogP contribution is 2.28. The Bertz CT molecular complexity index is 1660. The lowest BCUT2D eigenvalue weighted by molar-refractivity contribution is -0.153. The molecule has 7 nitrogen and oxygen atoms in total. The molecule has 0 atom stereocenters. The van der Waals surface area contributed by atoms with Crippen LogP contribution in [0, 0.1) is 0 Å². The smallest absolute Gasteiger partial charge is 0.422 e. The molecule has 5 rings (SSSR count). The van der Waals surface area contributed by atoms with Crippen LogP contribution in [0.2, 0.25) is 0 Å². The quantitative estimate of drug-likeness (QED) is 0.280. The van der Waals surface area contributed by atoms with E-state index in [4.69, 9.17) is 4.74 Å². The zero-order valence-corrected chi connectivity index (χ0v) is 19.0. The summed E-state index contributed by atoms with van der Waals surface area (Å²) in [6, 6.07) is 14.5. The van der Waals surface area contributed by atoms with Gasteiger partial charge in [-0.05, 0) is 48.5 Å². The van der Waals surface area contributed by atoms with E-state index in [-0.39, 0.29) is 28.4 Å². The van der Waals surface area contributed by atoms with Crippen molar-refractivity contribution in [1.82, 2.24) is 19.1 Å². The van der Waals surface area contributed by atoms with Crippen molar-refractivity contribution >= 4 is 22.1 Å². The van der Waals surface area contributed by atoms with Gasteiger partial charge in [0, 0.05) is 24.4 Å². The predicted octanol–water partition coefficient (Wildman–Crippen LogP) is 5.48. The monoisotopic (exact) mass is 516 g/mol. The van der Waals surface area contributed by atoms with Crippen LogP contribution in [0.15, 0.2) is 71.8 Å². The second-order valence-electron chi connectivity index (χ2n) is 8.09. The van der Waals surface area contributed by atoms with E-state index in [1.807, 2.05) is 0 Å². The molecule has 0 unspecified atom stereocenters. The maximum Gasteiger partial charge on any atom is 0.422 e. The summed E-state index contributed by atoms with van der Waals surface area (Å²) in [5, 5.41) is 0. The number of benzene rings is 3. The van der Waals surface area contributed by atoms with Crippen LogP contribution in [-0.4, -0.2) is 38.5 Å². The lowest BCUT2D eigenvalue weighted by Gasteiger charge is -2.15. The summed E-state index contributed by atoms with van der Waals surface area (Å²) in [4.78, 5) is 22.5. The fourth-order valence-electron chi connectivity index (χ4n) is 3.91. The zero-order valence-electron chi connectivity index (χ0n) is 19.0. The lowest BCUT2D eigenvalue weighted by Crippen LogP contribution is -2.23. The number of hydrogen-bond donors (Lipinski definition) is 0. The highest BCUT2D eigenvalue weighted by Gasteiger charge is 2.28.